The van der Waals surface area contributed by atoms with Gasteiger partial charge >= 0.3 is 0 Å². The van der Waals surface area contributed by atoms with Gasteiger partial charge in [-0.2, -0.15) is 0 Å². The molecule has 0 bridgehead atoms. The Labute approximate surface area is 134 Å². The highest BCUT2D eigenvalue weighted by atomic mass is 35.5. The van der Waals surface area contributed by atoms with E-state index >= 15 is 0 Å². The number of fused-ring (bicyclic) bond motifs is 1. The van der Waals surface area contributed by atoms with Crippen LogP contribution in [0.3, 0.4) is 0 Å². The minimum absolute atomic E-state index is 0.171. The van der Waals surface area contributed by atoms with Crippen LogP contribution < -0.4 is 5.32 Å². The number of carbonyl (C=O) groups is 1. The van der Waals surface area contributed by atoms with Crippen molar-refractivity contribution in [2.24, 2.45) is 0 Å². The third kappa shape index (κ3) is 3.54. The second kappa shape index (κ2) is 6.46. The van der Waals surface area contributed by atoms with Crippen molar-refractivity contribution in [2.45, 2.75) is 0 Å². The number of rotatable bonds is 3. The van der Waals surface area contributed by atoms with E-state index in [4.69, 9.17) is 11.6 Å². The van der Waals surface area contributed by atoms with Crippen molar-refractivity contribution >= 4 is 40.0 Å². The van der Waals surface area contributed by atoms with Crippen molar-refractivity contribution in [1.82, 2.24) is 0 Å². The first-order valence-corrected chi connectivity index (χ1v) is 7.32. The summed E-state index contributed by atoms with van der Waals surface area (Å²) in [6.45, 7) is 0. The molecular formula is C19H14ClNO. The summed E-state index contributed by atoms with van der Waals surface area (Å²) < 4.78 is 0. The van der Waals surface area contributed by atoms with Gasteiger partial charge in [0.1, 0.15) is 0 Å². The lowest BCUT2D eigenvalue weighted by molar-refractivity contribution is -0.111. The van der Waals surface area contributed by atoms with Crippen molar-refractivity contribution < 1.29 is 4.79 Å². The van der Waals surface area contributed by atoms with Crippen LogP contribution in [-0.4, -0.2) is 5.91 Å². The van der Waals surface area contributed by atoms with Gasteiger partial charge in [-0.1, -0.05) is 54.1 Å². The molecule has 0 aliphatic rings. The van der Waals surface area contributed by atoms with Gasteiger partial charge in [0, 0.05) is 16.8 Å². The zero-order chi connectivity index (χ0) is 15.4. The Morgan fingerprint density at radius 3 is 2.55 bits per heavy atom. The SMILES string of the molecule is O=C(/C=C/c1cccc(Cl)c1)Nc1ccc2ccccc2c1. The zero-order valence-electron chi connectivity index (χ0n) is 11.8. The molecule has 0 spiro atoms. The van der Waals surface area contributed by atoms with Crippen LogP contribution in [0.1, 0.15) is 5.56 Å². The highest BCUT2D eigenvalue weighted by molar-refractivity contribution is 6.30. The van der Waals surface area contributed by atoms with Crippen LogP contribution >= 0.6 is 11.6 Å². The lowest BCUT2D eigenvalue weighted by Crippen LogP contribution is -2.07. The average Bonchev–Trinajstić information content (AvgIpc) is 2.53. The summed E-state index contributed by atoms with van der Waals surface area (Å²) in [5.41, 5.74) is 1.67. The molecule has 3 heteroatoms. The van der Waals surface area contributed by atoms with E-state index in [9.17, 15) is 4.79 Å². The molecule has 3 aromatic rings. The maximum absolute atomic E-state index is 12.0. The monoisotopic (exact) mass is 307 g/mol. The van der Waals surface area contributed by atoms with Crippen molar-refractivity contribution in [1.29, 1.82) is 0 Å². The molecule has 108 valence electrons. The first-order valence-electron chi connectivity index (χ1n) is 6.94. The molecule has 22 heavy (non-hydrogen) atoms. The Kier molecular flexibility index (Phi) is 4.22. The van der Waals surface area contributed by atoms with Crippen LogP contribution in [0.15, 0.2) is 72.8 Å². The fourth-order valence-corrected chi connectivity index (χ4v) is 2.43. The molecule has 0 aliphatic heterocycles. The number of anilines is 1. The van der Waals surface area contributed by atoms with E-state index in [0.29, 0.717) is 5.02 Å². The number of hydrogen-bond acceptors (Lipinski definition) is 1. The molecule has 1 N–H and O–H groups in total. The Morgan fingerprint density at radius 2 is 1.73 bits per heavy atom. The predicted octanol–water partition coefficient (Wildman–Crippen LogP) is 5.15. The quantitative estimate of drug-likeness (QED) is 0.666. The molecular weight excluding hydrogens is 294 g/mol. The molecule has 0 saturated heterocycles. The smallest absolute Gasteiger partial charge is 0.248 e. The van der Waals surface area contributed by atoms with E-state index < -0.39 is 0 Å². The number of hydrogen-bond donors (Lipinski definition) is 1. The molecule has 0 unspecified atom stereocenters. The Balaban J connectivity index is 1.72. The van der Waals surface area contributed by atoms with Crippen molar-refractivity contribution in [3.63, 3.8) is 0 Å². The maximum Gasteiger partial charge on any atom is 0.248 e. The van der Waals surface area contributed by atoms with Gasteiger partial charge in [-0.25, -0.2) is 0 Å². The normalized spacial score (nSPS) is 11.0. The summed E-state index contributed by atoms with van der Waals surface area (Å²) in [4.78, 5) is 12.0. The van der Waals surface area contributed by atoms with Gasteiger partial charge < -0.3 is 5.32 Å². The summed E-state index contributed by atoms with van der Waals surface area (Å²) in [5, 5.41) is 5.75. The lowest BCUT2D eigenvalue weighted by atomic mass is 10.1. The Hall–Kier alpha value is -2.58. The summed E-state index contributed by atoms with van der Waals surface area (Å²) in [6.07, 6.45) is 3.24. The van der Waals surface area contributed by atoms with Gasteiger partial charge in [-0.3, -0.25) is 4.79 Å². The number of amides is 1. The van der Waals surface area contributed by atoms with Crippen molar-refractivity contribution in [3.8, 4) is 0 Å². The summed E-state index contributed by atoms with van der Waals surface area (Å²) in [7, 11) is 0. The largest absolute Gasteiger partial charge is 0.322 e. The highest BCUT2D eigenvalue weighted by Crippen LogP contribution is 2.19. The standard InChI is InChI=1S/C19H14ClNO/c20-17-7-3-4-14(12-17)8-11-19(22)21-18-10-9-15-5-1-2-6-16(15)13-18/h1-13H,(H,21,22)/b11-8+. The zero-order valence-corrected chi connectivity index (χ0v) is 12.5. The van der Waals surface area contributed by atoms with Crippen LogP contribution in [0.4, 0.5) is 5.69 Å². The Morgan fingerprint density at radius 1 is 0.909 bits per heavy atom. The second-order valence-corrected chi connectivity index (χ2v) is 5.38. The van der Waals surface area contributed by atoms with E-state index in [1.807, 2.05) is 54.6 Å². The molecule has 0 aromatic heterocycles. The van der Waals surface area contributed by atoms with Crippen LogP contribution in [0, 0.1) is 0 Å². The molecule has 3 rings (SSSR count). The van der Waals surface area contributed by atoms with Crippen molar-refractivity contribution in [2.75, 3.05) is 5.32 Å². The number of benzene rings is 3. The summed E-state index contributed by atoms with van der Waals surface area (Å²) in [5.74, 6) is -0.171. The van der Waals surface area contributed by atoms with Crippen LogP contribution in [0.2, 0.25) is 5.02 Å². The third-order valence-corrected chi connectivity index (χ3v) is 3.53. The Bertz CT molecular complexity index is 855. The van der Waals surface area contributed by atoms with Gasteiger partial charge in [0.05, 0.1) is 0 Å². The van der Waals surface area contributed by atoms with E-state index in [-0.39, 0.29) is 5.91 Å². The molecule has 2 nitrogen and oxygen atoms in total. The van der Waals surface area contributed by atoms with Crippen LogP contribution in [0.5, 0.6) is 0 Å². The molecule has 0 atom stereocenters. The molecule has 0 aliphatic carbocycles. The van der Waals surface area contributed by atoms with E-state index in [0.717, 1.165) is 22.0 Å². The van der Waals surface area contributed by atoms with E-state index in [1.165, 1.54) is 6.08 Å². The second-order valence-electron chi connectivity index (χ2n) is 4.94. The number of nitrogens with one attached hydrogen (secondary N) is 1. The van der Waals surface area contributed by atoms with Gasteiger partial charge in [0.15, 0.2) is 0 Å². The van der Waals surface area contributed by atoms with Crippen molar-refractivity contribution in [3.05, 3.63) is 83.4 Å². The predicted molar refractivity (Wildman–Crippen MR) is 93.1 cm³/mol. The van der Waals surface area contributed by atoms with E-state index in [1.54, 1.807) is 18.2 Å². The first kappa shape index (κ1) is 14.4. The van der Waals surface area contributed by atoms with Crippen LogP contribution in [-0.2, 0) is 4.79 Å². The van der Waals surface area contributed by atoms with Crippen LogP contribution in [0.25, 0.3) is 16.8 Å². The topological polar surface area (TPSA) is 29.1 Å². The molecule has 0 saturated carbocycles. The minimum atomic E-state index is -0.171. The average molecular weight is 308 g/mol. The van der Waals surface area contributed by atoms with Gasteiger partial charge in [0.25, 0.3) is 0 Å². The maximum atomic E-state index is 12.0. The summed E-state index contributed by atoms with van der Waals surface area (Å²) in [6, 6.07) is 21.2. The highest BCUT2D eigenvalue weighted by Gasteiger charge is 1.99. The molecule has 0 radical (unpaired) electrons. The molecule has 0 fully saturated rings. The fraction of sp³-hybridized carbons (Fsp3) is 0. The molecule has 3 aromatic carbocycles. The lowest BCUT2D eigenvalue weighted by Gasteiger charge is -2.04. The fourth-order valence-electron chi connectivity index (χ4n) is 2.23. The third-order valence-electron chi connectivity index (χ3n) is 3.29. The van der Waals surface area contributed by atoms with Gasteiger partial charge in [0.2, 0.25) is 5.91 Å². The first-order chi connectivity index (χ1) is 10.7. The molecule has 0 heterocycles. The number of carbonyl (C=O) groups excluding carboxylic acids is 1. The minimum Gasteiger partial charge on any atom is -0.322 e. The van der Waals surface area contributed by atoms with E-state index in [2.05, 4.69) is 5.32 Å². The molecule has 1 amide bonds. The van der Waals surface area contributed by atoms with Gasteiger partial charge in [-0.15, -0.1) is 0 Å². The number of halogens is 1. The summed E-state index contributed by atoms with van der Waals surface area (Å²) >= 11 is 5.91. The van der Waals surface area contributed by atoms with Gasteiger partial charge in [-0.05, 0) is 46.7 Å².